The predicted octanol–water partition coefficient (Wildman–Crippen LogP) is 3.35. The molecular formula is C16H17NO3. The first-order valence-electron chi connectivity index (χ1n) is 6.42. The average molecular weight is 271 g/mol. The summed E-state index contributed by atoms with van der Waals surface area (Å²) in [5.41, 5.74) is 1.19. The standard InChI is InChI=1S/C16H17NO3/c1-3-20-15-10-5-4-9-14(15)17-16(18)12-7-6-8-13(11-12)19-2/h4-11H,3H2,1-2H3,(H,17,18). The molecule has 104 valence electrons. The van der Waals surface area contributed by atoms with Crippen molar-refractivity contribution in [1.29, 1.82) is 0 Å². The van der Waals surface area contributed by atoms with Crippen LogP contribution >= 0.6 is 0 Å². The number of ether oxygens (including phenoxy) is 2. The smallest absolute Gasteiger partial charge is 0.255 e. The summed E-state index contributed by atoms with van der Waals surface area (Å²) >= 11 is 0. The molecule has 4 heteroatoms. The molecule has 0 aliphatic heterocycles. The second kappa shape index (κ2) is 6.61. The highest BCUT2D eigenvalue weighted by molar-refractivity contribution is 6.05. The van der Waals surface area contributed by atoms with Crippen LogP contribution in [0.5, 0.6) is 11.5 Å². The Balaban J connectivity index is 2.19. The van der Waals surface area contributed by atoms with Gasteiger partial charge in [-0.15, -0.1) is 0 Å². The van der Waals surface area contributed by atoms with E-state index in [9.17, 15) is 4.79 Å². The Morgan fingerprint density at radius 1 is 1.15 bits per heavy atom. The third-order valence-electron chi connectivity index (χ3n) is 2.77. The number of rotatable bonds is 5. The number of nitrogens with one attached hydrogen (secondary N) is 1. The molecule has 0 atom stereocenters. The molecule has 1 N–H and O–H groups in total. The Morgan fingerprint density at radius 3 is 2.70 bits per heavy atom. The SMILES string of the molecule is CCOc1ccccc1NC(=O)c1cccc(OC)c1. The highest BCUT2D eigenvalue weighted by Gasteiger charge is 2.10. The number of hydrogen-bond acceptors (Lipinski definition) is 3. The predicted molar refractivity (Wildman–Crippen MR) is 78.6 cm³/mol. The molecule has 0 fully saturated rings. The minimum Gasteiger partial charge on any atom is -0.497 e. The van der Waals surface area contributed by atoms with E-state index in [4.69, 9.17) is 9.47 Å². The van der Waals surface area contributed by atoms with Gasteiger partial charge in [-0.25, -0.2) is 0 Å². The van der Waals surface area contributed by atoms with Gasteiger partial charge in [0.1, 0.15) is 11.5 Å². The number of anilines is 1. The molecule has 0 saturated heterocycles. The van der Waals surface area contributed by atoms with Crippen LogP contribution in [0, 0.1) is 0 Å². The van der Waals surface area contributed by atoms with Gasteiger partial charge in [0.15, 0.2) is 0 Å². The van der Waals surface area contributed by atoms with Crippen molar-refractivity contribution in [1.82, 2.24) is 0 Å². The molecular weight excluding hydrogens is 254 g/mol. The van der Waals surface area contributed by atoms with E-state index in [1.165, 1.54) is 0 Å². The van der Waals surface area contributed by atoms with E-state index in [1.54, 1.807) is 31.4 Å². The van der Waals surface area contributed by atoms with Gasteiger partial charge in [0.2, 0.25) is 0 Å². The molecule has 1 amide bonds. The van der Waals surface area contributed by atoms with Gasteiger partial charge in [-0.3, -0.25) is 4.79 Å². The maximum Gasteiger partial charge on any atom is 0.255 e. The van der Waals surface area contributed by atoms with Crippen LogP contribution in [0.4, 0.5) is 5.69 Å². The molecule has 0 aliphatic carbocycles. The zero-order chi connectivity index (χ0) is 14.4. The molecule has 20 heavy (non-hydrogen) atoms. The monoisotopic (exact) mass is 271 g/mol. The molecule has 0 aromatic heterocycles. The van der Waals surface area contributed by atoms with Crippen LogP contribution in [0.1, 0.15) is 17.3 Å². The molecule has 0 aliphatic rings. The number of amides is 1. The number of hydrogen-bond donors (Lipinski definition) is 1. The summed E-state index contributed by atoms with van der Waals surface area (Å²) in [6.45, 7) is 2.45. The van der Waals surface area contributed by atoms with Gasteiger partial charge in [0.05, 0.1) is 19.4 Å². The van der Waals surface area contributed by atoms with E-state index in [-0.39, 0.29) is 5.91 Å². The Labute approximate surface area is 118 Å². The fraction of sp³-hybridized carbons (Fsp3) is 0.188. The van der Waals surface area contributed by atoms with E-state index in [2.05, 4.69) is 5.32 Å². The van der Waals surface area contributed by atoms with Gasteiger partial charge < -0.3 is 14.8 Å². The topological polar surface area (TPSA) is 47.6 Å². The van der Waals surface area contributed by atoms with Gasteiger partial charge in [0, 0.05) is 5.56 Å². The largest absolute Gasteiger partial charge is 0.497 e. The summed E-state index contributed by atoms with van der Waals surface area (Å²) in [7, 11) is 1.57. The van der Waals surface area contributed by atoms with E-state index in [0.717, 1.165) is 0 Å². The zero-order valence-electron chi connectivity index (χ0n) is 11.6. The van der Waals surface area contributed by atoms with Crippen molar-refractivity contribution in [2.24, 2.45) is 0 Å². The van der Waals surface area contributed by atoms with Gasteiger partial charge in [-0.1, -0.05) is 18.2 Å². The van der Waals surface area contributed by atoms with Crippen LogP contribution < -0.4 is 14.8 Å². The van der Waals surface area contributed by atoms with Crippen molar-refractivity contribution in [3.05, 3.63) is 54.1 Å². The number of benzene rings is 2. The van der Waals surface area contributed by atoms with E-state index in [1.807, 2.05) is 31.2 Å². The lowest BCUT2D eigenvalue weighted by Crippen LogP contribution is -2.13. The second-order valence-corrected chi connectivity index (χ2v) is 4.12. The minimum absolute atomic E-state index is 0.198. The van der Waals surface area contributed by atoms with Crippen molar-refractivity contribution in [3.8, 4) is 11.5 Å². The summed E-state index contributed by atoms with van der Waals surface area (Å²) in [5.74, 6) is 1.11. The third-order valence-corrected chi connectivity index (χ3v) is 2.77. The molecule has 2 aromatic rings. The third kappa shape index (κ3) is 3.29. The fourth-order valence-electron chi connectivity index (χ4n) is 1.81. The number of methoxy groups -OCH3 is 1. The van der Waals surface area contributed by atoms with Crippen LogP contribution in [0.25, 0.3) is 0 Å². The Bertz CT molecular complexity index is 596. The molecule has 4 nitrogen and oxygen atoms in total. The van der Waals surface area contributed by atoms with Gasteiger partial charge in [0.25, 0.3) is 5.91 Å². The second-order valence-electron chi connectivity index (χ2n) is 4.12. The first-order chi connectivity index (χ1) is 9.74. The number of carbonyl (C=O) groups excluding carboxylic acids is 1. The van der Waals surface area contributed by atoms with E-state index < -0.39 is 0 Å². The maximum absolute atomic E-state index is 12.2. The van der Waals surface area contributed by atoms with Crippen LogP contribution in [-0.4, -0.2) is 19.6 Å². The quantitative estimate of drug-likeness (QED) is 0.907. The van der Waals surface area contributed by atoms with Gasteiger partial charge >= 0.3 is 0 Å². The Morgan fingerprint density at radius 2 is 1.95 bits per heavy atom. The van der Waals surface area contributed by atoms with Crippen molar-refractivity contribution in [2.45, 2.75) is 6.92 Å². The lowest BCUT2D eigenvalue weighted by atomic mass is 10.2. The fourth-order valence-corrected chi connectivity index (χ4v) is 1.81. The molecule has 0 spiro atoms. The number of para-hydroxylation sites is 2. The molecule has 0 unspecified atom stereocenters. The van der Waals surface area contributed by atoms with Crippen LogP contribution in [-0.2, 0) is 0 Å². The summed E-state index contributed by atoms with van der Waals surface area (Å²) < 4.78 is 10.6. The lowest BCUT2D eigenvalue weighted by Gasteiger charge is -2.11. The van der Waals surface area contributed by atoms with Crippen molar-refractivity contribution in [3.63, 3.8) is 0 Å². The van der Waals surface area contributed by atoms with Crippen molar-refractivity contribution < 1.29 is 14.3 Å². The summed E-state index contributed by atoms with van der Waals surface area (Å²) in [6.07, 6.45) is 0. The van der Waals surface area contributed by atoms with Crippen molar-refractivity contribution in [2.75, 3.05) is 19.0 Å². The molecule has 0 bridgehead atoms. The number of carbonyl (C=O) groups is 1. The molecule has 0 heterocycles. The highest BCUT2D eigenvalue weighted by Crippen LogP contribution is 2.24. The van der Waals surface area contributed by atoms with Crippen LogP contribution in [0.3, 0.4) is 0 Å². The van der Waals surface area contributed by atoms with E-state index >= 15 is 0 Å². The molecule has 0 radical (unpaired) electrons. The van der Waals surface area contributed by atoms with Crippen LogP contribution in [0.15, 0.2) is 48.5 Å². The average Bonchev–Trinajstić information content (AvgIpc) is 2.49. The molecule has 2 rings (SSSR count). The van der Waals surface area contributed by atoms with Gasteiger partial charge in [-0.2, -0.15) is 0 Å². The first-order valence-corrected chi connectivity index (χ1v) is 6.42. The van der Waals surface area contributed by atoms with E-state index in [0.29, 0.717) is 29.4 Å². The maximum atomic E-state index is 12.2. The van der Waals surface area contributed by atoms with Gasteiger partial charge in [-0.05, 0) is 37.3 Å². The van der Waals surface area contributed by atoms with Crippen LogP contribution in [0.2, 0.25) is 0 Å². The molecule has 2 aromatic carbocycles. The Hall–Kier alpha value is -2.49. The highest BCUT2D eigenvalue weighted by atomic mass is 16.5. The first kappa shape index (κ1) is 13.9. The zero-order valence-corrected chi connectivity index (χ0v) is 11.6. The normalized spacial score (nSPS) is 9.90. The summed E-state index contributed by atoms with van der Waals surface area (Å²) in [5, 5.41) is 2.84. The molecule has 0 saturated carbocycles. The van der Waals surface area contributed by atoms with Crippen molar-refractivity contribution >= 4 is 11.6 Å². The Kier molecular flexibility index (Phi) is 4.60. The summed E-state index contributed by atoms with van der Waals surface area (Å²) in [4.78, 5) is 12.2. The summed E-state index contributed by atoms with van der Waals surface area (Å²) in [6, 6.07) is 14.4. The lowest BCUT2D eigenvalue weighted by molar-refractivity contribution is 0.102. The minimum atomic E-state index is -0.198.